The number of nitrogens with two attached hydrogens (primary N) is 1. The summed E-state index contributed by atoms with van der Waals surface area (Å²) >= 11 is 3.34. The molecule has 0 radical (unpaired) electrons. The Morgan fingerprint density at radius 2 is 1.80 bits per heavy atom. The van der Waals surface area contributed by atoms with Crippen molar-refractivity contribution < 1.29 is 4.79 Å². The standard InChI is InChI=1S/C11H15BrN2O/c1-11(13,10(15)14(2)3)8-4-6-9(12)7-5-8/h4-7H,13H2,1-3H3. The van der Waals surface area contributed by atoms with E-state index in [1.165, 1.54) is 4.90 Å². The van der Waals surface area contributed by atoms with Crippen molar-refractivity contribution in [3.8, 4) is 0 Å². The molecule has 0 fully saturated rings. The summed E-state index contributed by atoms with van der Waals surface area (Å²) in [5, 5.41) is 0. The Kier molecular flexibility index (Phi) is 3.52. The van der Waals surface area contributed by atoms with Crippen LogP contribution in [0.5, 0.6) is 0 Å². The van der Waals surface area contributed by atoms with Crippen molar-refractivity contribution in [1.29, 1.82) is 0 Å². The molecule has 82 valence electrons. The first-order chi connectivity index (χ1) is 6.85. The van der Waals surface area contributed by atoms with Gasteiger partial charge in [0.05, 0.1) is 0 Å². The second-order valence-corrected chi connectivity index (χ2v) is 4.82. The van der Waals surface area contributed by atoms with E-state index in [4.69, 9.17) is 5.73 Å². The van der Waals surface area contributed by atoms with Crippen LogP contribution < -0.4 is 5.73 Å². The van der Waals surface area contributed by atoms with Crippen molar-refractivity contribution in [1.82, 2.24) is 4.90 Å². The minimum Gasteiger partial charge on any atom is -0.347 e. The number of carbonyl (C=O) groups is 1. The average Bonchev–Trinajstić information content (AvgIpc) is 2.17. The van der Waals surface area contributed by atoms with Gasteiger partial charge >= 0.3 is 0 Å². The molecule has 0 saturated carbocycles. The summed E-state index contributed by atoms with van der Waals surface area (Å²) in [5.74, 6) is -0.107. The van der Waals surface area contributed by atoms with Gasteiger partial charge in [0.1, 0.15) is 5.54 Å². The van der Waals surface area contributed by atoms with Gasteiger partial charge in [-0.3, -0.25) is 4.79 Å². The topological polar surface area (TPSA) is 46.3 Å². The largest absolute Gasteiger partial charge is 0.347 e. The van der Waals surface area contributed by atoms with Gasteiger partial charge < -0.3 is 10.6 Å². The fourth-order valence-corrected chi connectivity index (χ4v) is 1.65. The number of amides is 1. The third-order valence-corrected chi connectivity index (χ3v) is 2.82. The zero-order chi connectivity index (χ0) is 11.6. The number of hydrogen-bond acceptors (Lipinski definition) is 2. The molecular weight excluding hydrogens is 256 g/mol. The van der Waals surface area contributed by atoms with Gasteiger partial charge in [-0.2, -0.15) is 0 Å². The van der Waals surface area contributed by atoms with Crippen LogP contribution in [0.2, 0.25) is 0 Å². The van der Waals surface area contributed by atoms with E-state index in [9.17, 15) is 4.79 Å². The number of rotatable bonds is 2. The lowest BCUT2D eigenvalue weighted by atomic mass is 9.92. The van der Waals surface area contributed by atoms with Gasteiger partial charge in [-0.15, -0.1) is 0 Å². The highest BCUT2D eigenvalue weighted by Crippen LogP contribution is 2.21. The maximum atomic E-state index is 11.8. The highest BCUT2D eigenvalue weighted by molar-refractivity contribution is 9.10. The van der Waals surface area contributed by atoms with Crippen LogP contribution in [0.3, 0.4) is 0 Å². The van der Waals surface area contributed by atoms with Gasteiger partial charge in [-0.05, 0) is 24.6 Å². The van der Waals surface area contributed by atoms with Crippen molar-refractivity contribution in [3.05, 3.63) is 34.3 Å². The zero-order valence-corrected chi connectivity index (χ0v) is 10.7. The fraction of sp³-hybridized carbons (Fsp3) is 0.364. The summed E-state index contributed by atoms with van der Waals surface area (Å²) in [6, 6.07) is 7.46. The van der Waals surface area contributed by atoms with Crippen LogP contribution >= 0.6 is 15.9 Å². The molecule has 15 heavy (non-hydrogen) atoms. The van der Waals surface area contributed by atoms with E-state index in [0.717, 1.165) is 10.0 Å². The first kappa shape index (κ1) is 12.2. The molecule has 1 aromatic rings. The minimum atomic E-state index is -0.968. The number of carbonyl (C=O) groups excluding carboxylic acids is 1. The Morgan fingerprint density at radius 1 is 1.33 bits per heavy atom. The van der Waals surface area contributed by atoms with E-state index in [1.807, 2.05) is 24.3 Å². The first-order valence-electron chi connectivity index (χ1n) is 4.62. The van der Waals surface area contributed by atoms with Crippen LogP contribution in [-0.2, 0) is 10.3 Å². The molecule has 0 aliphatic carbocycles. The Labute approximate surface area is 98.4 Å². The van der Waals surface area contributed by atoms with E-state index in [1.54, 1.807) is 21.0 Å². The van der Waals surface area contributed by atoms with E-state index in [-0.39, 0.29) is 5.91 Å². The van der Waals surface area contributed by atoms with Gasteiger partial charge in [0.15, 0.2) is 0 Å². The first-order valence-corrected chi connectivity index (χ1v) is 5.41. The molecule has 0 aliphatic heterocycles. The summed E-state index contributed by atoms with van der Waals surface area (Å²) in [6.07, 6.45) is 0. The van der Waals surface area contributed by atoms with Crippen molar-refractivity contribution in [2.75, 3.05) is 14.1 Å². The molecule has 1 rings (SSSR count). The van der Waals surface area contributed by atoms with Crippen LogP contribution in [0.1, 0.15) is 12.5 Å². The normalized spacial score (nSPS) is 14.5. The van der Waals surface area contributed by atoms with E-state index >= 15 is 0 Å². The molecule has 0 saturated heterocycles. The fourth-order valence-electron chi connectivity index (χ4n) is 1.38. The molecule has 1 aromatic carbocycles. The summed E-state index contributed by atoms with van der Waals surface area (Å²) in [5.41, 5.74) is 5.87. The highest BCUT2D eigenvalue weighted by Gasteiger charge is 2.31. The highest BCUT2D eigenvalue weighted by atomic mass is 79.9. The summed E-state index contributed by atoms with van der Waals surface area (Å²) in [7, 11) is 3.40. The third-order valence-electron chi connectivity index (χ3n) is 2.29. The second-order valence-electron chi connectivity index (χ2n) is 3.91. The molecule has 3 nitrogen and oxygen atoms in total. The lowest BCUT2D eigenvalue weighted by Crippen LogP contribution is -2.48. The van der Waals surface area contributed by atoms with Crippen LogP contribution in [-0.4, -0.2) is 24.9 Å². The summed E-state index contributed by atoms with van der Waals surface area (Å²) < 4.78 is 0.972. The summed E-state index contributed by atoms with van der Waals surface area (Å²) in [6.45, 7) is 1.72. The molecule has 0 aliphatic rings. The zero-order valence-electron chi connectivity index (χ0n) is 9.12. The Morgan fingerprint density at radius 3 is 2.20 bits per heavy atom. The van der Waals surface area contributed by atoms with Gasteiger partial charge in [0.2, 0.25) is 5.91 Å². The third kappa shape index (κ3) is 2.58. The van der Waals surface area contributed by atoms with Crippen molar-refractivity contribution in [3.63, 3.8) is 0 Å². The molecule has 0 spiro atoms. The predicted octanol–water partition coefficient (Wildman–Crippen LogP) is 1.71. The maximum Gasteiger partial charge on any atom is 0.246 e. The number of halogens is 1. The van der Waals surface area contributed by atoms with E-state index in [0.29, 0.717) is 0 Å². The van der Waals surface area contributed by atoms with Crippen molar-refractivity contribution in [2.24, 2.45) is 5.73 Å². The molecular formula is C11H15BrN2O. The average molecular weight is 271 g/mol. The lowest BCUT2D eigenvalue weighted by Gasteiger charge is -2.27. The molecule has 0 bridgehead atoms. The van der Waals surface area contributed by atoms with Gasteiger partial charge in [-0.25, -0.2) is 0 Å². The van der Waals surface area contributed by atoms with Crippen molar-refractivity contribution >= 4 is 21.8 Å². The molecule has 2 N–H and O–H groups in total. The quantitative estimate of drug-likeness (QED) is 0.890. The van der Waals surface area contributed by atoms with Gasteiger partial charge in [0, 0.05) is 18.6 Å². The number of nitrogens with zero attached hydrogens (tertiary/aromatic N) is 1. The van der Waals surface area contributed by atoms with Gasteiger partial charge in [-0.1, -0.05) is 28.1 Å². The number of likely N-dealkylation sites (N-methyl/N-ethyl adjacent to an activating group) is 1. The molecule has 1 amide bonds. The number of hydrogen-bond donors (Lipinski definition) is 1. The molecule has 0 aromatic heterocycles. The maximum absolute atomic E-state index is 11.8. The van der Waals surface area contributed by atoms with Crippen LogP contribution in [0, 0.1) is 0 Å². The molecule has 1 unspecified atom stereocenters. The van der Waals surface area contributed by atoms with Crippen molar-refractivity contribution in [2.45, 2.75) is 12.5 Å². The monoisotopic (exact) mass is 270 g/mol. The minimum absolute atomic E-state index is 0.107. The Hall–Kier alpha value is -0.870. The van der Waals surface area contributed by atoms with Gasteiger partial charge in [0.25, 0.3) is 0 Å². The predicted molar refractivity (Wildman–Crippen MR) is 64.4 cm³/mol. The second kappa shape index (κ2) is 4.33. The Balaban J connectivity index is 3.05. The van der Waals surface area contributed by atoms with E-state index < -0.39 is 5.54 Å². The number of benzene rings is 1. The smallest absolute Gasteiger partial charge is 0.246 e. The SMILES string of the molecule is CN(C)C(=O)C(C)(N)c1ccc(Br)cc1. The van der Waals surface area contributed by atoms with E-state index in [2.05, 4.69) is 15.9 Å². The van der Waals surface area contributed by atoms with Crippen LogP contribution in [0.15, 0.2) is 28.7 Å². The molecule has 4 heteroatoms. The summed E-state index contributed by atoms with van der Waals surface area (Å²) in [4.78, 5) is 13.3. The van der Waals surface area contributed by atoms with Crippen LogP contribution in [0.25, 0.3) is 0 Å². The lowest BCUT2D eigenvalue weighted by molar-refractivity contribution is -0.134. The molecule has 1 atom stereocenters. The Bertz CT molecular complexity index is 357. The molecule has 0 heterocycles. The van der Waals surface area contributed by atoms with Crippen LogP contribution in [0.4, 0.5) is 0 Å².